The number of hydrogen-bond acceptors (Lipinski definition) is 3. The lowest BCUT2D eigenvalue weighted by Crippen LogP contribution is -2.28. The monoisotopic (exact) mass is 271 g/mol. The first-order chi connectivity index (χ1) is 9.88. The Morgan fingerprint density at radius 2 is 2.25 bits per heavy atom. The Hall–Kier alpha value is -1.65. The first-order valence-corrected chi connectivity index (χ1v) is 7.29. The lowest BCUT2D eigenvalue weighted by atomic mass is 9.94. The molecule has 1 saturated heterocycles. The topological polar surface area (TPSA) is 39.1 Å². The second-order valence-electron chi connectivity index (χ2n) is 5.21. The van der Waals surface area contributed by atoms with Gasteiger partial charge in [0.2, 0.25) is 0 Å². The van der Waals surface area contributed by atoms with E-state index >= 15 is 0 Å². The molecule has 0 bridgehead atoms. The van der Waals surface area contributed by atoms with Crippen molar-refractivity contribution in [3.8, 4) is 5.69 Å². The number of hydrogen-bond donors (Lipinski definition) is 1. The Kier molecular flexibility index (Phi) is 4.14. The lowest BCUT2D eigenvalue weighted by Gasteiger charge is -2.21. The highest BCUT2D eigenvalue weighted by Crippen LogP contribution is 2.28. The Morgan fingerprint density at radius 1 is 1.40 bits per heavy atom. The van der Waals surface area contributed by atoms with Crippen LogP contribution in [-0.4, -0.2) is 29.5 Å². The molecule has 0 radical (unpaired) electrons. The molecule has 4 heteroatoms. The second-order valence-corrected chi connectivity index (χ2v) is 5.21. The van der Waals surface area contributed by atoms with Crippen LogP contribution in [0.2, 0.25) is 0 Å². The van der Waals surface area contributed by atoms with Gasteiger partial charge < -0.3 is 10.1 Å². The zero-order valence-electron chi connectivity index (χ0n) is 11.8. The van der Waals surface area contributed by atoms with Gasteiger partial charge in [0.05, 0.1) is 18.5 Å². The van der Waals surface area contributed by atoms with Crippen molar-refractivity contribution < 1.29 is 4.74 Å². The summed E-state index contributed by atoms with van der Waals surface area (Å²) in [4.78, 5) is 0. The summed E-state index contributed by atoms with van der Waals surface area (Å²) in [5.41, 5.74) is 2.34. The van der Waals surface area contributed by atoms with Crippen LogP contribution in [0.3, 0.4) is 0 Å². The summed E-state index contributed by atoms with van der Waals surface area (Å²) in [7, 11) is 0. The first kappa shape index (κ1) is 13.3. The van der Waals surface area contributed by atoms with E-state index in [2.05, 4.69) is 35.7 Å². The van der Waals surface area contributed by atoms with E-state index in [0.29, 0.717) is 12.0 Å². The van der Waals surface area contributed by atoms with E-state index in [-0.39, 0.29) is 0 Å². The maximum absolute atomic E-state index is 5.53. The van der Waals surface area contributed by atoms with E-state index in [9.17, 15) is 0 Å². The molecule has 106 valence electrons. The minimum absolute atomic E-state index is 0.333. The summed E-state index contributed by atoms with van der Waals surface area (Å²) in [6, 6.07) is 10.5. The van der Waals surface area contributed by atoms with Crippen molar-refractivity contribution in [3.05, 3.63) is 48.3 Å². The quantitative estimate of drug-likeness (QED) is 0.908. The molecule has 1 N–H and O–H groups in total. The predicted octanol–water partition coefficient (Wildman–Crippen LogP) is 2.56. The zero-order valence-corrected chi connectivity index (χ0v) is 11.8. The van der Waals surface area contributed by atoms with Gasteiger partial charge in [-0.1, -0.05) is 25.1 Å². The third kappa shape index (κ3) is 2.76. The SMILES string of the molecule is CCNC(c1cnn(-c2ccccc2)c1)C1CCOC1. The van der Waals surface area contributed by atoms with Crippen molar-refractivity contribution in [3.63, 3.8) is 0 Å². The lowest BCUT2D eigenvalue weighted by molar-refractivity contribution is 0.177. The van der Waals surface area contributed by atoms with E-state index in [0.717, 1.165) is 31.9 Å². The molecule has 2 unspecified atom stereocenters. The molecule has 1 aromatic carbocycles. The van der Waals surface area contributed by atoms with Gasteiger partial charge >= 0.3 is 0 Å². The number of aromatic nitrogens is 2. The standard InChI is InChI=1S/C16H21N3O/c1-2-17-16(13-8-9-20-12-13)14-10-18-19(11-14)15-6-4-3-5-7-15/h3-7,10-11,13,16-17H,2,8-9,12H2,1H3. The van der Waals surface area contributed by atoms with Crippen LogP contribution in [0, 0.1) is 5.92 Å². The van der Waals surface area contributed by atoms with E-state index < -0.39 is 0 Å². The fraction of sp³-hybridized carbons (Fsp3) is 0.438. The zero-order chi connectivity index (χ0) is 13.8. The molecule has 1 aliphatic rings. The van der Waals surface area contributed by atoms with Crippen LogP contribution in [0.25, 0.3) is 5.69 Å². The fourth-order valence-electron chi connectivity index (χ4n) is 2.81. The molecule has 1 aromatic heterocycles. The molecule has 3 rings (SSSR count). The summed E-state index contributed by atoms with van der Waals surface area (Å²) in [6.45, 7) is 4.82. The number of rotatable bonds is 5. The summed E-state index contributed by atoms with van der Waals surface area (Å²) >= 11 is 0. The van der Waals surface area contributed by atoms with E-state index in [4.69, 9.17) is 4.74 Å². The van der Waals surface area contributed by atoms with Crippen LogP contribution in [0.15, 0.2) is 42.7 Å². The first-order valence-electron chi connectivity index (χ1n) is 7.29. The number of ether oxygens (including phenoxy) is 1. The van der Waals surface area contributed by atoms with Crippen LogP contribution < -0.4 is 5.32 Å². The molecular weight excluding hydrogens is 250 g/mol. The van der Waals surface area contributed by atoms with Crippen molar-refractivity contribution in [1.82, 2.24) is 15.1 Å². The average Bonchev–Trinajstić information content (AvgIpc) is 3.17. The van der Waals surface area contributed by atoms with Crippen molar-refractivity contribution in [1.29, 1.82) is 0 Å². The van der Waals surface area contributed by atoms with Crippen LogP contribution in [0.5, 0.6) is 0 Å². The summed E-state index contributed by atoms with van der Waals surface area (Å²) in [6.07, 6.45) is 5.22. The number of benzene rings is 1. The van der Waals surface area contributed by atoms with Gasteiger partial charge in [0.25, 0.3) is 0 Å². The normalized spacial score (nSPS) is 20.1. The van der Waals surface area contributed by atoms with E-state index in [1.807, 2.05) is 29.1 Å². The van der Waals surface area contributed by atoms with Crippen LogP contribution in [-0.2, 0) is 4.74 Å². The third-order valence-corrected chi connectivity index (χ3v) is 3.84. The van der Waals surface area contributed by atoms with Crippen LogP contribution >= 0.6 is 0 Å². The number of nitrogens with one attached hydrogen (secondary N) is 1. The van der Waals surface area contributed by atoms with Gasteiger partial charge in [-0.25, -0.2) is 4.68 Å². The van der Waals surface area contributed by atoms with Crippen molar-refractivity contribution in [2.45, 2.75) is 19.4 Å². The maximum Gasteiger partial charge on any atom is 0.0645 e. The van der Waals surface area contributed by atoms with Crippen molar-refractivity contribution in [2.24, 2.45) is 5.92 Å². The minimum Gasteiger partial charge on any atom is -0.381 e. The molecule has 1 fully saturated rings. The van der Waals surface area contributed by atoms with Gasteiger partial charge in [0, 0.05) is 30.3 Å². The molecule has 0 aliphatic carbocycles. The summed E-state index contributed by atoms with van der Waals surface area (Å²) < 4.78 is 7.47. The Labute approximate surface area is 119 Å². The average molecular weight is 271 g/mol. The Bertz CT molecular complexity index is 532. The predicted molar refractivity (Wildman–Crippen MR) is 78.9 cm³/mol. The van der Waals surface area contributed by atoms with Gasteiger partial charge in [-0.15, -0.1) is 0 Å². The molecule has 2 heterocycles. The van der Waals surface area contributed by atoms with Gasteiger partial charge in [-0.05, 0) is 25.1 Å². The summed E-state index contributed by atoms with van der Waals surface area (Å²) in [5.74, 6) is 0.545. The van der Waals surface area contributed by atoms with Gasteiger partial charge in [0.15, 0.2) is 0 Å². The van der Waals surface area contributed by atoms with Gasteiger partial charge in [-0.3, -0.25) is 0 Å². The number of nitrogens with zero attached hydrogens (tertiary/aromatic N) is 2. The van der Waals surface area contributed by atoms with E-state index in [1.54, 1.807) is 0 Å². The van der Waals surface area contributed by atoms with Crippen LogP contribution in [0.4, 0.5) is 0 Å². The van der Waals surface area contributed by atoms with Crippen LogP contribution in [0.1, 0.15) is 24.9 Å². The molecule has 2 atom stereocenters. The van der Waals surface area contributed by atoms with Crippen molar-refractivity contribution >= 4 is 0 Å². The Morgan fingerprint density at radius 3 is 2.95 bits per heavy atom. The highest BCUT2D eigenvalue weighted by atomic mass is 16.5. The molecule has 4 nitrogen and oxygen atoms in total. The molecular formula is C16H21N3O. The fourth-order valence-corrected chi connectivity index (χ4v) is 2.81. The Balaban J connectivity index is 1.83. The molecule has 0 saturated carbocycles. The molecule has 1 aliphatic heterocycles. The largest absolute Gasteiger partial charge is 0.381 e. The maximum atomic E-state index is 5.53. The van der Waals surface area contributed by atoms with Gasteiger partial charge in [-0.2, -0.15) is 5.10 Å². The number of para-hydroxylation sites is 1. The molecule has 0 spiro atoms. The molecule has 20 heavy (non-hydrogen) atoms. The molecule has 0 amide bonds. The van der Waals surface area contributed by atoms with E-state index in [1.165, 1.54) is 5.56 Å². The third-order valence-electron chi connectivity index (χ3n) is 3.84. The summed E-state index contributed by atoms with van der Waals surface area (Å²) in [5, 5.41) is 8.07. The highest BCUT2D eigenvalue weighted by Gasteiger charge is 2.27. The second kappa shape index (κ2) is 6.20. The smallest absolute Gasteiger partial charge is 0.0645 e. The van der Waals surface area contributed by atoms with Crippen molar-refractivity contribution in [2.75, 3.05) is 19.8 Å². The molecule has 2 aromatic rings. The van der Waals surface area contributed by atoms with Gasteiger partial charge in [0.1, 0.15) is 0 Å². The minimum atomic E-state index is 0.333. The highest BCUT2D eigenvalue weighted by molar-refractivity contribution is 5.31.